The van der Waals surface area contributed by atoms with Crippen LogP contribution in [0.5, 0.6) is 5.75 Å². The van der Waals surface area contributed by atoms with Gasteiger partial charge in [-0.1, -0.05) is 48.5 Å². The van der Waals surface area contributed by atoms with Gasteiger partial charge in [0.2, 0.25) is 0 Å². The number of rotatable bonds is 6. The fourth-order valence-corrected chi connectivity index (χ4v) is 1.98. The van der Waals surface area contributed by atoms with E-state index >= 15 is 0 Å². The van der Waals surface area contributed by atoms with Crippen LogP contribution in [0.25, 0.3) is 0 Å². The number of hydrogen-bond acceptors (Lipinski definition) is 3. The van der Waals surface area contributed by atoms with Crippen molar-refractivity contribution in [2.75, 3.05) is 6.79 Å². The fraction of sp³-hybridized carbons (Fsp3) is 0.250. The summed E-state index contributed by atoms with van der Waals surface area (Å²) in [7, 11) is 0. The van der Waals surface area contributed by atoms with Crippen LogP contribution in [-0.2, 0) is 6.54 Å². The van der Waals surface area contributed by atoms with E-state index in [1.165, 1.54) is 5.56 Å². The molecule has 1 unspecified atom stereocenters. The van der Waals surface area contributed by atoms with E-state index in [2.05, 4.69) is 24.4 Å². The summed E-state index contributed by atoms with van der Waals surface area (Å²) >= 11 is 0. The van der Waals surface area contributed by atoms with Gasteiger partial charge in [-0.3, -0.25) is 0 Å². The molecule has 0 aromatic heterocycles. The highest BCUT2D eigenvalue weighted by Gasteiger charge is 2.06. The zero-order chi connectivity index (χ0) is 13.5. The third-order valence-corrected chi connectivity index (χ3v) is 3.09. The van der Waals surface area contributed by atoms with E-state index in [0.29, 0.717) is 6.54 Å². The van der Waals surface area contributed by atoms with Crippen molar-refractivity contribution < 1.29 is 9.84 Å². The number of nitrogens with one attached hydrogen (secondary N) is 1. The normalized spacial score (nSPS) is 12.1. The molecule has 0 radical (unpaired) electrons. The maximum absolute atomic E-state index is 8.86. The summed E-state index contributed by atoms with van der Waals surface area (Å²) in [5.74, 6) is 0.720. The minimum absolute atomic E-state index is 0.267. The summed E-state index contributed by atoms with van der Waals surface area (Å²) in [5, 5.41) is 12.3. The molecule has 0 amide bonds. The molecule has 0 aliphatic carbocycles. The molecule has 1 atom stereocenters. The molecule has 3 heteroatoms. The second kappa shape index (κ2) is 6.92. The second-order valence-corrected chi connectivity index (χ2v) is 4.39. The lowest BCUT2D eigenvalue weighted by molar-refractivity contribution is 0.0974. The molecule has 0 aliphatic rings. The van der Waals surface area contributed by atoms with E-state index in [0.717, 1.165) is 11.3 Å². The van der Waals surface area contributed by atoms with Crippen LogP contribution in [0.2, 0.25) is 0 Å². The lowest BCUT2D eigenvalue weighted by Gasteiger charge is -2.16. The highest BCUT2D eigenvalue weighted by atomic mass is 16.6. The first-order chi connectivity index (χ1) is 9.31. The average Bonchev–Trinajstić information content (AvgIpc) is 2.47. The largest absolute Gasteiger partial charge is 0.467 e. The SMILES string of the molecule is CC(NCc1ccccc1OCO)c1ccccc1. The summed E-state index contributed by atoms with van der Waals surface area (Å²) in [6, 6.07) is 18.3. The van der Waals surface area contributed by atoms with Gasteiger partial charge in [0, 0.05) is 18.2 Å². The minimum Gasteiger partial charge on any atom is -0.467 e. The Morgan fingerprint density at radius 2 is 1.74 bits per heavy atom. The predicted octanol–water partition coefficient (Wildman–Crippen LogP) is 2.87. The third kappa shape index (κ3) is 3.81. The van der Waals surface area contributed by atoms with Crippen molar-refractivity contribution in [2.45, 2.75) is 19.5 Å². The fourth-order valence-electron chi connectivity index (χ4n) is 1.98. The lowest BCUT2D eigenvalue weighted by Crippen LogP contribution is -2.18. The number of ether oxygens (including phenoxy) is 1. The number of hydrogen-bond donors (Lipinski definition) is 2. The Morgan fingerprint density at radius 3 is 2.47 bits per heavy atom. The number of aliphatic hydroxyl groups excluding tert-OH is 1. The first-order valence-corrected chi connectivity index (χ1v) is 6.41. The van der Waals surface area contributed by atoms with Gasteiger partial charge in [-0.2, -0.15) is 0 Å². The number of aliphatic hydroxyl groups is 1. The average molecular weight is 257 g/mol. The van der Waals surface area contributed by atoms with Crippen molar-refractivity contribution in [3.05, 3.63) is 65.7 Å². The van der Waals surface area contributed by atoms with E-state index in [1.54, 1.807) is 0 Å². The molecule has 0 fully saturated rings. The van der Waals surface area contributed by atoms with Gasteiger partial charge in [0.25, 0.3) is 0 Å². The molecule has 2 aromatic carbocycles. The Hall–Kier alpha value is -1.84. The van der Waals surface area contributed by atoms with E-state index in [-0.39, 0.29) is 12.8 Å². The van der Waals surface area contributed by atoms with Gasteiger partial charge < -0.3 is 15.2 Å². The first kappa shape index (κ1) is 13.6. The van der Waals surface area contributed by atoms with E-state index in [1.807, 2.05) is 42.5 Å². The van der Waals surface area contributed by atoms with Crippen LogP contribution in [-0.4, -0.2) is 11.9 Å². The van der Waals surface area contributed by atoms with Crippen molar-refractivity contribution in [3.63, 3.8) is 0 Å². The van der Waals surface area contributed by atoms with Gasteiger partial charge >= 0.3 is 0 Å². The van der Waals surface area contributed by atoms with Crippen molar-refractivity contribution in [3.8, 4) is 5.75 Å². The molecule has 2 N–H and O–H groups in total. The maximum atomic E-state index is 8.86. The van der Waals surface area contributed by atoms with Gasteiger partial charge in [0.05, 0.1) is 0 Å². The standard InChI is InChI=1S/C16H19NO2/c1-13(14-7-3-2-4-8-14)17-11-15-9-5-6-10-16(15)19-12-18/h2-10,13,17-18H,11-12H2,1H3. The van der Waals surface area contributed by atoms with Gasteiger partial charge in [0.1, 0.15) is 5.75 Å². The lowest BCUT2D eigenvalue weighted by atomic mass is 10.1. The Balaban J connectivity index is 1.99. The molecular weight excluding hydrogens is 238 g/mol. The molecule has 3 nitrogen and oxygen atoms in total. The molecular formula is C16H19NO2. The zero-order valence-corrected chi connectivity index (χ0v) is 11.0. The zero-order valence-electron chi connectivity index (χ0n) is 11.0. The predicted molar refractivity (Wildman–Crippen MR) is 75.9 cm³/mol. The van der Waals surface area contributed by atoms with E-state index in [9.17, 15) is 0 Å². The van der Waals surface area contributed by atoms with Gasteiger partial charge in [0.15, 0.2) is 6.79 Å². The molecule has 2 aromatic rings. The van der Waals surface area contributed by atoms with E-state index < -0.39 is 0 Å². The van der Waals surface area contributed by atoms with Crippen LogP contribution in [0.15, 0.2) is 54.6 Å². The third-order valence-electron chi connectivity index (χ3n) is 3.09. The Kier molecular flexibility index (Phi) is 4.95. The Morgan fingerprint density at radius 1 is 1.05 bits per heavy atom. The topological polar surface area (TPSA) is 41.5 Å². The van der Waals surface area contributed by atoms with Crippen LogP contribution in [0.1, 0.15) is 24.1 Å². The molecule has 0 spiro atoms. The van der Waals surface area contributed by atoms with Crippen molar-refractivity contribution in [2.24, 2.45) is 0 Å². The van der Waals surface area contributed by atoms with Crippen LogP contribution in [0.3, 0.4) is 0 Å². The maximum Gasteiger partial charge on any atom is 0.186 e. The molecule has 0 aliphatic heterocycles. The van der Waals surface area contributed by atoms with E-state index in [4.69, 9.17) is 9.84 Å². The smallest absolute Gasteiger partial charge is 0.186 e. The molecule has 0 saturated carbocycles. The van der Waals surface area contributed by atoms with Crippen molar-refractivity contribution in [1.82, 2.24) is 5.32 Å². The second-order valence-electron chi connectivity index (χ2n) is 4.39. The Bertz CT molecular complexity index is 499. The summed E-state index contributed by atoms with van der Waals surface area (Å²) in [4.78, 5) is 0. The quantitative estimate of drug-likeness (QED) is 0.782. The molecule has 100 valence electrons. The summed E-state index contributed by atoms with van der Waals surface area (Å²) in [6.45, 7) is 2.53. The highest BCUT2D eigenvalue weighted by molar-refractivity contribution is 5.33. The Labute approximate surface area is 113 Å². The monoisotopic (exact) mass is 257 g/mol. The molecule has 0 heterocycles. The molecule has 0 saturated heterocycles. The summed E-state index contributed by atoms with van der Waals surface area (Å²) in [6.07, 6.45) is 0. The minimum atomic E-state index is -0.300. The van der Waals surface area contributed by atoms with Crippen LogP contribution >= 0.6 is 0 Å². The number of benzene rings is 2. The van der Waals surface area contributed by atoms with Crippen molar-refractivity contribution >= 4 is 0 Å². The molecule has 19 heavy (non-hydrogen) atoms. The van der Waals surface area contributed by atoms with Gasteiger partial charge in [-0.15, -0.1) is 0 Å². The summed E-state index contributed by atoms with van der Waals surface area (Å²) < 4.78 is 5.19. The van der Waals surface area contributed by atoms with Gasteiger partial charge in [-0.25, -0.2) is 0 Å². The first-order valence-electron chi connectivity index (χ1n) is 6.41. The summed E-state index contributed by atoms with van der Waals surface area (Å²) in [5.41, 5.74) is 2.29. The van der Waals surface area contributed by atoms with Crippen LogP contribution in [0, 0.1) is 0 Å². The highest BCUT2D eigenvalue weighted by Crippen LogP contribution is 2.19. The van der Waals surface area contributed by atoms with Gasteiger partial charge in [-0.05, 0) is 18.6 Å². The van der Waals surface area contributed by atoms with Crippen molar-refractivity contribution in [1.29, 1.82) is 0 Å². The van der Waals surface area contributed by atoms with Crippen LogP contribution < -0.4 is 10.1 Å². The van der Waals surface area contributed by atoms with Crippen LogP contribution in [0.4, 0.5) is 0 Å². The molecule has 0 bridgehead atoms. The molecule has 2 rings (SSSR count). The number of para-hydroxylation sites is 1.